The lowest BCUT2D eigenvalue weighted by Gasteiger charge is -2.58. The van der Waals surface area contributed by atoms with Crippen molar-refractivity contribution in [3.8, 4) is 23.0 Å². The molecule has 8 saturated carbocycles. The minimum Gasteiger partial charge on any atom is -0.457 e. The van der Waals surface area contributed by atoms with Gasteiger partial charge in [-0.2, -0.15) is 0 Å². The van der Waals surface area contributed by atoms with E-state index in [0.29, 0.717) is 0 Å². The summed E-state index contributed by atoms with van der Waals surface area (Å²) in [7, 11) is 0. The molecule has 0 saturated heterocycles. The van der Waals surface area contributed by atoms with Crippen LogP contribution in [-0.4, -0.2) is 0 Å². The zero-order valence-corrected chi connectivity index (χ0v) is 26.5. The third-order valence-corrected chi connectivity index (χ3v) is 13.3. The van der Waals surface area contributed by atoms with Gasteiger partial charge in [0, 0.05) is 34.6 Å². The fourth-order valence-corrected chi connectivity index (χ4v) is 12.1. The first-order valence-electron chi connectivity index (χ1n) is 17.5. The van der Waals surface area contributed by atoms with Crippen LogP contribution in [0.25, 0.3) is 0 Å². The second-order valence-electron chi connectivity index (χ2n) is 16.5. The van der Waals surface area contributed by atoms with Gasteiger partial charge in [0.25, 0.3) is 0 Å². The largest absolute Gasteiger partial charge is 0.457 e. The minimum atomic E-state index is 0.157. The van der Waals surface area contributed by atoms with Gasteiger partial charge in [-0.25, -0.2) is 0 Å². The van der Waals surface area contributed by atoms with Crippen LogP contribution in [0.3, 0.4) is 0 Å². The molecule has 0 aliphatic heterocycles. The minimum absolute atomic E-state index is 0.157. The lowest BCUT2D eigenvalue weighted by atomic mass is 9.47. The quantitative estimate of drug-likeness (QED) is 0.281. The van der Waals surface area contributed by atoms with Crippen LogP contribution in [-0.2, 0) is 10.8 Å². The Kier molecular flexibility index (Phi) is 5.98. The van der Waals surface area contributed by atoms with Gasteiger partial charge in [0.1, 0.15) is 23.0 Å². The van der Waals surface area contributed by atoms with Crippen molar-refractivity contribution in [1.82, 2.24) is 0 Å². The second-order valence-corrected chi connectivity index (χ2v) is 16.5. The summed E-state index contributed by atoms with van der Waals surface area (Å²) in [5.74, 6) is 8.84. The first-order chi connectivity index (χ1) is 21.2. The van der Waals surface area contributed by atoms with Gasteiger partial charge in [0.2, 0.25) is 0 Å². The van der Waals surface area contributed by atoms with Crippen LogP contribution >= 0.6 is 0 Å². The maximum atomic E-state index is 7.02. The molecule has 8 fully saturated rings. The van der Waals surface area contributed by atoms with Gasteiger partial charge in [0.05, 0.1) is 0 Å². The number of ether oxygens (including phenoxy) is 2. The predicted molar refractivity (Wildman–Crippen MR) is 177 cm³/mol. The zero-order valence-electron chi connectivity index (χ0n) is 26.5. The van der Waals surface area contributed by atoms with E-state index in [1.54, 1.807) is 0 Å². The van der Waals surface area contributed by atoms with Gasteiger partial charge < -0.3 is 20.9 Å². The highest BCUT2D eigenvalue weighted by atomic mass is 16.5. The molecule has 44 heavy (non-hydrogen) atoms. The Hall–Kier alpha value is -3.14. The standard InChI is InChI=1S/C40H48N2O2/c1-23-3-5-31(13-35(23)41)43-37-15-34(40-20-28-10-29(21-40)12-30(11-28)22-40)38(44-32-6-4-24(2)36(42)14-32)16-33(37)39-17-25-7-26(18-39)9-27(8-25)19-39/h3-6,13-16,25-30H,7-12,17-22,41-42H2,1-2H3. The van der Waals surface area contributed by atoms with Crippen molar-refractivity contribution in [2.45, 2.75) is 102 Å². The molecular weight excluding hydrogens is 540 g/mol. The molecule has 0 spiro atoms. The summed E-state index contributed by atoms with van der Waals surface area (Å²) in [6, 6.07) is 17.3. The molecule has 4 heteroatoms. The fraction of sp³-hybridized carbons (Fsp3) is 0.550. The molecule has 0 radical (unpaired) electrons. The number of hydrogen-bond donors (Lipinski definition) is 2. The number of rotatable bonds is 6. The maximum Gasteiger partial charge on any atom is 0.131 e. The van der Waals surface area contributed by atoms with E-state index in [0.717, 1.165) is 81.0 Å². The maximum absolute atomic E-state index is 7.02. The van der Waals surface area contributed by atoms with Crippen LogP contribution in [0.1, 0.15) is 99.3 Å². The Morgan fingerprint density at radius 2 is 0.818 bits per heavy atom. The highest BCUT2D eigenvalue weighted by molar-refractivity contribution is 5.59. The van der Waals surface area contributed by atoms with Gasteiger partial charge in [0.15, 0.2) is 0 Å². The average molecular weight is 589 g/mol. The van der Waals surface area contributed by atoms with E-state index >= 15 is 0 Å². The predicted octanol–water partition coefficient (Wildman–Crippen LogP) is 9.99. The number of aryl methyl sites for hydroxylation is 2. The Morgan fingerprint density at radius 1 is 0.500 bits per heavy atom. The summed E-state index contributed by atoms with van der Waals surface area (Å²) in [5, 5.41) is 0. The van der Waals surface area contributed by atoms with Crippen molar-refractivity contribution in [2.75, 3.05) is 11.5 Å². The molecular formula is C40H48N2O2. The molecule has 8 aliphatic rings. The molecule has 4 nitrogen and oxygen atoms in total. The molecule has 230 valence electrons. The Morgan fingerprint density at radius 3 is 1.11 bits per heavy atom. The van der Waals surface area contributed by atoms with Gasteiger partial charge in [-0.05, 0) is 173 Å². The summed E-state index contributed by atoms with van der Waals surface area (Å²) >= 11 is 0. The lowest BCUT2D eigenvalue weighted by molar-refractivity contribution is -0.00824. The second kappa shape index (κ2) is 9.68. The van der Waals surface area contributed by atoms with Crippen LogP contribution in [0.4, 0.5) is 11.4 Å². The van der Waals surface area contributed by atoms with E-state index in [9.17, 15) is 0 Å². The van der Waals surface area contributed by atoms with Crippen molar-refractivity contribution in [1.29, 1.82) is 0 Å². The average Bonchev–Trinajstić information content (AvgIpc) is 2.96. The number of anilines is 2. The van der Waals surface area contributed by atoms with Crippen LogP contribution in [0.5, 0.6) is 23.0 Å². The summed E-state index contributed by atoms with van der Waals surface area (Å²) < 4.78 is 14.0. The Labute approximate surface area is 262 Å². The van der Waals surface area contributed by atoms with E-state index in [1.165, 1.54) is 88.2 Å². The summed E-state index contributed by atoms with van der Waals surface area (Å²) in [6.45, 7) is 4.13. The molecule has 0 unspecified atom stereocenters. The van der Waals surface area contributed by atoms with E-state index in [2.05, 4.69) is 50.2 Å². The van der Waals surface area contributed by atoms with E-state index in [-0.39, 0.29) is 10.8 Å². The Bertz CT molecular complexity index is 1450. The third-order valence-electron chi connectivity index (χ3n) is 13.3. The molecule has 4 N–H and O–H groups in total. The topological polar surface area (TPSA) is 70.5 Å². The summed E-state index contributed by atoms with van der Waals surface area (Å²) in [4.78, 5) is 0. The smallest absolute Gasteiger partial charge is 0.131 e. The van der Waals surface area contributed by atoms with Crippen molar-refractivity contribution in [2.24, 2.45) is 35.5 Å². The number of benzene rings is 3. The molecule has 11 rings (SSSR count). The summed E-state index contributed by atoms with van der Waals surface area (Å²) in [6.07, 6.45) is 16.2. The fourth-order valence-electron chi connectivity index (χ4n) is 12.1. The molecule has 0 amide bonds. The molecule has 3 aromatic carbocycles. The molecule has 0 atom stereocenters. The summed E-state index contributed by atoms with van der Waals surface area (Å²) in [5.41, 5.74) is 19.7. The van der Waals surface area contributed by atoms with Gasteiger partial charge in [-0.1, -0.05) is 12.1 Å². The lowest BCUT2D eigenvalue weighted by Crippen LogP contribution is -2.49. The highest BCUT2D eigenvalue weighted by Crippen LogP contribution is 2.65. The van der Waals surface area contributed by atoms with Crippen molar-refractivity contribution in [3.63, 3.8) is 0 Å². The first kappa shape index (κ1) is 27.2. The molecule has 0 aromatic heterocycles. The molecule has 0 heterocycles. The van der Waals surface area contributed by atoms with Crippen LogP contribution in [0.15, 0.2) is 48.5 Å². The van der Waals surface area contributed by atoms with Crippen molar-refractivity contribution in [3.05, 3.63) is 70.8 Å². The number of nitrogens with two attached hydrogens (primary N) is 2. The number of nitrogen functional groups attached to an aromatic ring is 2. The van der Waals surface area contributed by atoms with Crippen LogP contribution in [0.2, 0.25) is 0 Å². The van der Waals surface area contributed by atoms with E-state index < -0.39 is 0 Å². The molecule has 8 bridgehead atoms. The third kappa shape index (κ3) is 4.37. The van der Waals surface area contributed by atoms with Crippen LogP contribution in [0, 0.1) is 49.4 Å². The van der Waals surface area contributed by atoms with Gasteiger partial charge >= 0.3 is 0 Å². The highest BCUT2D eigenvalue weighted by Gasteiger charge is 2.55. The normalized spacial score (nSPS) is 36.1. The van der Waals surface area contributed by atoms with E-state index in [1.807, 2.05) is 12.1 Å². The molecule has 8 aliphatic carbocycles. The van der Waals surface area contributed by atoms with Crippen molar-refractivity contribution < 1.29 is 9.47 Å². The first-order valence-corrected chi connectivity index (χ1v) is 17.5. The zero-order chi connectivity index (χ0) is 29.8. The van der Waals surface area contributed by atoms with Crippen LogP contribution < -0.4 is 20.9 Å². The SMILES string of the molecule is Cc1ccc(Oc2cc(C34CC5CC(CC(C5)C3)C4)c(Oc3ccc(C)c(N)c3)cc2C23CC4CC(CC(C4)C2)C3)cc1N. The Balaban J connectivity index is 1.23. The number of hydrogen-bond acceptors (Lipinski definition) is 4. The van der Waals surface area contributed by atoms with Gasteiger partial charge in [-0.15, -0.1) is 0 Å². The van der Waals surface area contributed by atoms with E-state index in [4.69, 9.17) is 20.9 Å². The van der Waals surface area contributed by atoms with Gasteiger partial charge in [-0.3, -0.25) is 0 Å². The molecule has 3 aromatic rings. The monoisotopic (exact) mass is 588 g/mol. The van der Waals surface area contributed by atoms with Crippen molar-refractivity contribution >= 4 is 11.4 Å².